The number of pyridine rings is 1. The summed E-state index contributed by atoms with van der Waals surface area (Å²) < 4.78 is 30.2. The van der Waals surface area contributed by atoms with Crippen LogP contribution in [0.5, 0.6) is 0 Å². The number of hydrogen-bond acceptors (Lipinski definition) is 11. The van der Waals surface area contributed by atoms with Crippen LogP contribution in [0.15, 0.2) is 65.3 Å². The lowest BCUT2D eigenvalue weighted by molar-refractivity contribution is 0.277. The Balaban J connectivity index is 1.21. The average molecular weight is 648 g/mol. The maximum Gasteiger partial charge on any atom is 0.265 e. The number of nitrogens with zero attached hydrogens (tertiary/aromatic N) is 7. The predicted molar refractivity (Wildman–Crippen MR) is 178 cm³/mol. The molecule has 3 aliphatic rings. The average Bonchev–Trinajstić information content (AvgIpc) is 3.81. The van der Waals surface area contributed by atoms with Crippen molar-refractivity contribution in [2.45, 2.75) is 36.4 Å². The van der Waals surface area contributed by atoms with Crippen LogP contribution in [0.2, 0.25) is 0 Å². The Kier molecular flexibility index (Phi) is 8.14. The van der Waals surface area contributed by atoms with E-state index in [1.807, 2.05) is 24.6 Å². The lowest BCUT2D eigenvalue weighted by Gasteiger charge is -2.29. The summed E-state index contributed by atoms with van der Waals surface area (Å²) in [7, 11) is 0.387. The van der Waals surface area contributed by atoms with E-state index in [-0.39, 0.29) is 11.4 Å². The van der Waals surface area contributed by atoms with Gasteiger partial charge in [0.1, 0.15) is 0 Å². The van der Waals surface area contributed by atoms with Crippen LogP contribution < -0.4 is 16.2 Å². The van der Waals surface area contributed by atoms with Gasteiger partial charge < -0.3 is 20.4 Å². The van der Waals surface area contributed by atoms with E-state index >= 15 is 0 Å². The molecule has 6 heterocycles. The summed E-state index contributed by atoms with van der Waals surface area (Å²) in [6.07, 6.45) is 9.63. The summed E-state index contributed by atoms with van der Waals surface area (Å²) in [4.78, 5) is 32.4. The number of nitrogens with one attached hydrogen (secondary N) is 2. The summed E-state index contributed by atoms with van der Waals surface area (Å²) in [5, 5.41) is 8.39. The highest BCUT2D eigenvalue weighted by Gasteiger charge is 2.33. The molecular weight excluding hydrogens is 611 g/mol. The van der Waals surface area contributed by atoms with Gasteiger partial charge in [-0.25, -0.2) is 22.4 Å². The molecule has 2 N–H and O–H groups in total. The molecule has 0 bridgehead atoms. The van der Waals surface area contributed by atoms with Gasteiger partial charge in [0.25, 0.3) is 5.56 Å². The van der Waals surface area contributed by atoms with Crippen LogP contribution in [0.25, 0.3) is 22.4 Å². The zero-order chi connectivity index (χ0) is 31.1. The third-order valence-electron chi connectivity index (χ3n) is 8.95. The number of fused-ring (bicyclic) bond motifs is 1. The van der Waals surface area contributed by atoms with Gasteiger partial charge in [-0.3, -0.25) is 9.36 Å². The van der Waals surface area contributed by atoms with Crippen molar-refractivity contribution in [1.29, 1.82) is 0 Å². The highest BCUT2D eigenvalue weighted by Crippen LogP contribution is 2.31. The first kappa shape index (κ1) is 30.0. The van der Waals surface area contributed by atoms with E-state index in [0.717, 1.165) is 25.2 Å². The number of anilines is 2. The quantitative estimate of drug-likeness (QED) is 0.292. The van der Waals surface area contributed by atoms with Crippen molar-refractivity contribution < 1.29 is 8.42 Å². The first-order valence-corrected chi connectivity index (χ1v) is 17.7. The Morgan fingerprint density at radius 1 is 1.04 bits per heavy atom. The summed E-state index contributed by atoms with van der Waals surface area (Å²) in [5.74, 6) is 1.14. The van der Waals surface area contributed by atoms with Gasteiger partial charge in [0.05, 0.1) is 10.8 Å². The second-order valence-electron chi connectivity index (χ2n) is 12.2. The smallest absolute Gasteiger partial charge is 0.265 e. The molecule has 45 heavy (non-hydrogen) atoms. The Labute approximate surface area is 266 Å². The fraction of sp³-hybridized carbons (Fsp3) is 0.419. The molecular formula is C31H37N9O3S2. The Bertz CT molecular complexity index is 1890. The van der Waals surface area contributed by atoms with Gasteiger partial charge in [0.2, 0.25) is 16.0 Å². The molecule has 0 radical (unpaired) electrons. The molecule has 3 aromatic heterocycles. The highest BCUT2D eigenvalue weighted by molar-refractivity contribution is 8.02. The molecule has 0 spiro atoms. The standard InChI is InChI=1S/C31H37N9O3S2/c1-37-13-8-25(9-14-37)45(42,43)39-15-10-32-28(39)26-18-23-19-34-30(36-27(23)40(29(26)41)31-33-11-16-44-31)35-24-5-3-21(4-6-24)17-22-7-12-38(2)20-22/h3-6,10-11,15-16,18-19,22,25,31,33H,7-9,12-14,17,20H2,1-2H3,(H,34,35,36). The van der Waals surface area contributed by atoms with E-state index in [1.165, 1.54) is 40.1 Å². The van der Waals surface area contributed by atoms with Crippen molar-refractivity contribution in [3.8, 4) is 11.4 Å². The number of rotatable bonds is 8. The Morgan fingerprint density at radius 3 is 2.53 bits per heavy atom. The molecule has 4 aromatic rings. The lowest BCUT2D eigenvalue weighted by atomic mass is 9.98. The maximum absolute atomic E-state index is 14.2. The van der Waals surface area contributed by atoms with E-state index < -0.39 is 26.3 Å². The summed E-state index contributed by atoms with van der Waals surface area (Å²) in [6.45, 7) is 3.69. The lowest BCUT2D eigenvalue weighted by Crippen LogP contribution is -2.39. The van der Waals surface area contributed by atoms with E-state index in [1.54, 1.807) is 23.0 Å². The number of piperidine rings is 1. The van der Waals surface area contributed by atoms with Crippen LogP contribution in [-0.4, -0.2) is 87.2 Å². The minimum absolute atomic E-state index is 0.0945. The summed E-state index contributed by atoms with van der Waals surface area (Å²) in [6, 6.07) is 9.97. The van der Waals surface area contributed by atoms with E-state index in [2.05, 4.69) is 49.6 Å². The largest absolute Gasteiger partial charge is 0.362 e. The van der Waals surface area contributed by atoms with Gasteiger partial charge in [0.15, 0.2) is 17.0 Å². The topological polar surface area (TPSA) is 130 Å². The normalized spacial score (nSPS) is 21.5. The summed E-state index contributed by atoms with van der Waals surface area (Å²) in [5.41, 5.74) is 1.89. The van der Waals surface area contributed by atoms with Crippen molar-refractivity contribution in [1.82, 2.24) is 38.6 Å². The molecule has 2 atom stereocenters. The van der Waals surface area contributed by atoms with Crippen molar-refractivity contribution in [2.24, 2.45) is 5.92 Å². The van der Waals surface area contributed by atoms with Crippen LogP contribution in [0.4, 0.5) is 11.6 Å². The number of hydrogen-bond donors (Lipinski definition) is 2. The molecule has 0 amide bonds. The summed E-state index contributed by atoms with van der Waals surface area (Å²) >= 11 is 1.42. The van der Waals surface area contributed by atoms with E-state index in [9.17, 15) is 13.2 Å². The fourth-order valence-electron chi connectivity index (χ4n) is 6.48. The first-order chi connectivity index (χ1) is 21.8. The molecule has 3 aliphatic heterocycles. The van der Waals surface area contributed by atoms with E-state index in [0.29, 0.717) is 48.8 Å². The third-order valence-corrected chi connectivity index (χ3v) is 12.0. The van der Waals surface area contributed by atoms with Gasteiger partial charge in [0, 0.05) is 42.4 Å². The zero-order valence-corrected chi connectivity index (χ0v) is 27.0. The minimum Gasteiger partial charge on any atom is -0.362 e. The van der Waals surface area contributed by atoms with Crippen LogP contribution in [0.3, 0.4) is 0 Å². The Morgan fingerprint density at radius 2 is 1.82 bits per heavy atom. The molecule has 7 rings (SSSR count). The molecule has 236 valence electrons. The van der Waals surface area contributed by atoms with Crippen molar-refractivity contribution >= 4 is 44.5 Å². The third kappa shape index (κ3) is 5.99. The van der Waals surface area contributed by atoms with Crippen molar-refractivity contribution in [3.63, 3.8) is 0 Å². The number of likely N-dealkylation sites (tertiary alicyclic amines) is 2. The highest BCUT2D eigenvalue weighted by atomic mass is 32.2. The van der Waals surface area contributed by atoms with Gasteiger partial charge in [-0.15, -0.1) is 0 Å². The molecule has 12 nitrogen and oxygen atoms in total. The Hall–Kier alpha value is -3.72. The molecule has 2 saturated heterocycles. The second-order valence-corrected chi connectivity index (χ2v) is 15.3. The molecule has 2 unspecified atom stereocenters. The first-order valence-electron chi connectivity index (χ1n) is 15.3. The number of aromatic nitrogens is 5. The van der Waals surface area contributed by atoms with Gasteiger partial charge >= 0.3 is 0 Å². The minimum atomic E-state index is -3.77. The second kappa shape index (κ2) is 12.2. The number of thioether (sulfide) groups is 1. The molecule has 1 aromatic carbocycles. The number of benzene rings is 1. The van der Waals surface area contributed by atoms with Gasteiger partial charge in [-0.2, -0.15) is 4.98 Å². The maximum atomic E-state index is 14.2. The number of imidazole rings is 1. The molecule has 0 saturated carbocycles. The predicted octanol–water partition coefficient (Wildman–Crippen LogP) is 3.43. The van der Waals surface area contributed by atoms with Crippen molar-refractivity contribution in [3.05, 3.63) is 76.4 Å². The molecule has 2 fully saturated rings. The van der Waals surface area contributed by atoms with E-state index in [4.69, 9.17) is 4.98 Å². The van der Waals surface area contributed by atoms with Crippen LogP contribution >= 0.6 is 11.8 Å². The van der Waals surface area contributed by atoms with Crippen LogP contribution in [-0.2, 0) is 16.4 Å². The van der Waals surface area contributed by atoms with Crippen LogP contribution in [0, 0.1) is 5.92 Å². The molecule has 0 aliphatic carbocycles. The van der Waals surface area contributed by atoms with Crippen molar-refractivity contribution in [2.75, 3.05) is 45.6 Å². The fourth-order valence-corrected chi connectivity index (χ4v) is 9.00. The SMILES string of the molecule is CN1CCC(S(=O)(=O)n2ccnc2-c2cc3cnc(Nc4ccc(CC5CCN(C)C5)cc4)nc3n(C3NC=CS3)c2=O)CC1. The monoisotopic (exact) mass is 647 g/mol. The zero-order valence-electron chi connectivity index (χ0n) is 25.3. The van der Waals surface area contributed by atoms with Gasteiger partial charge in [-0.1, -0.05) is 23.9 Å². The van der Waals surface area contributed by atoms with Gasteiger partial charge in [-0.05, 0) is 94.5 Å². The molecule has 14 heteroatoms. The van der Waals surface area contributed by atoms with Crippen LogP contribution in [0.1, 0.15) is 30.3 Å².